The Labute approximate surface area is 378 Å². The summed E-state index contributed by atoms with van der Waals surface area (Å²) in [6.45, 7) is 4.78. The van der Waals surface area contributed by atoms with Crippen LogP contribution in [0.25, 0.3) is 0 Å². The third-order valence-electron chi connectivity index (χ3n) is 11.8. The molecule has 0 aliphatic carbocycles. The van der Waals surface area contributed by atoms with E-state index in [1.165, 1.54) is 148 Å². The number of amides is 1. The molecule has 0 aromatic carbocycles. The van der Waals surface area contributed by atoms with E-state index in [4.69, 9.17) is 4.74 Å². The zero-order chi connectivity index (χ0) is 44.4. The summed E-state index contributed by atoms with van der Waals surface area (Å²) in [5, 5.41) is 23.1. The molecule has 2 unspecified atom stereocenters. The Morgan fingerprint density at radius 3 is 1.30 bits per heavy atom. The lowest BCUT2D eigenvalue weighted by Gasteiger charge is -2.20. The lowest BCUT2D eigenvalue weighted by Crippen LogP contribution is -2.45. The van der Waals surface area contributed by atoms with E-state index in [-0.39, 0.29) is 18.5 Å². The summed E-state index contributed by atoms with van der Waals surface area (Å²) in [7, 11) is 0. The van der Waals surface area contributed by atoms with Gasteiger partial charge in [0.2, 0.25) is 5.91 Å². The molecule has 0 aliphatic rings. The Bertz CT molecular complexity index is 1040. The maximum atomic E-state index is 12.4. The van der Waals surface area contributed by atoms with E-state index in [0.29, 0.717) is 19.4 Å². The average Bonchev–Trinajstić information content (AvgIpc) is 3.26. The fourth-order valence-electron chi connectivity index (χ4n) is 7.71. The van der Waals surface area contributed by atoms with Crippen molar-refractivity contribution < 1.29 is 24.5 Å². The van der Waals surface area contributed by atoms with Crippen LogP contribution in [0.4, 0.5) is 0 Å². The monoisotopic (exact) mass is 856 g/mol. The number of allylic oxidation sites excluding steroid dienone is 7. The number of ether oxygens (including phenoxy) is 1. The zero-order valence-corrected chi connectivity index (χ0v) is 40.4. The second kappa shape index (κ2) is 50.5. The topological polar surface area (TPSA) is 95.9 Å². The van der Waals surface area contributed by atoms with Gasteiger partial charge in [0, 0.05) is 12.8 Å². The molecule has 0 rings (SSSR count). The number of hydrogen-bond acceptors (Lipinski definition) is 5. The van der Waals surface area contributed by atoms with Crippen molar-refractivity contribution in [2.75, 3.05) is 13.2 Å². The Kier molecular flexibility index (Phi) is 48.7. The summed E-state index contributed by atoms with van der Waals surface area (Å²) < 4.78 is 5.42. The number of nitrogens with one attached hydrogen (secondary N) is 1. The standard InChI is InChI=1S/C55H101NO5/c1-3-5-7-9-11-13-15-17-19-20-21-22-24-25-27-31-35-39-43-47-53(58)52(51-57)56-54(59)48-44-40-36-32-29-30-34-38-42-46-50-61-55(60)49-45-41-37-33-28-26-23-18-16-14-12-10-8-6-4-2/h12,14,18,23,30,34,43,47,52-53,57-58H,3-11,13,15-17,19-22,24-29,31-33,35-42,44-46,48-51H2,1-2H3,(H,56,59)/b14-12-,23-18-,34-30-,47-43+. The van der Waals surface area contributed by atoms with Crippen LogP contribution >= 0.6 is 0 Å². The summed E-state index contributed by atoms with van der Waals surface area (Å²) in [6.07, 6.45) is 62.6. The van der Waals surface area contributed by atoms with Gasteiger partial charge in [0.15, 0.2) is 0 Å². The maximum Gasteiger partial charge on any atom is 0.305 e. The largest absolute Gasteiger partial charge is 0.466 e. The van der Waals surface area contributed by atoms with E-state index in [2.05, 4.69) is 55.6 Å². The van der Waals surface area contributed by atoms with Crippen molar-refractivity contribution in [1.82, 2.24) is 5.32 Å². The van der Waals surface area contributed by atoms with Crippen molar-refractivity contribution in [2.24, 2.45) is 0 Å². The van der Waals surface area contributed by atoms with Crippen molar-refractivity contribution in [3.8, 4) is 0 Å². The first-order valence-corrected chi connectivity index (χ1v) is 26.4. The third-order valence-corrected chi connectivity index (χ3v) is 11.8. The second-order valence-corrected chi connectivity index (χ2v) is 17.8. The first-order valence-electron chi connectivity index (χ1n) is 26.4. The fourth-order valence-corrected chi connectivity index (χ4v) is 7.71. The van der Waals surface area contributed by atoms with E-state index in [9.17, 15) is 19.8 Å². The van der Waals surface area contributed by atoms with E-state index in [0.717, 1.165) is 89.9 Å². The predicted molar refractivity (Wildman–Crippen MR) is 264 cm³/mol. The Balaban J connectivity index is 3.59. The second-order valence-electron chi connectivity index (χ2n) is 17.8. The molecule has 0 saturated carbocycles. The van der Waals surface area contributed by atoms with Gasteiger partial charge in [-0.25, -0.2) is 0 Å². The molecule has 0 saturated heterocycles. The van der Waals surface area contributed by atoms with Gasteiger partial charge in [-0.2, -0.15) is 0 Å². The van der Waals surface area contributed by atoms with Gasteiger partial charge in [0.25, 0.3) is 0 Å². The number of esters is 1. The van der Waals surface area contributed by atoms with Gasteiger partial charge in [0.1, 0.15) is 0 Å². The molecule has 0 bridgehead atoms. The molecular weight excluding hydrogens is 755 g/mol. The van der Waals surface area contributed by atoms with Crippen molar-refractivity contribution in [3.05, 3.63) is 48.6 Å². The zero-order valence-electron chi connectivity index (χ0n) is 40.4. The molecule has 6 heteroatoms. The smallest absolute Gasteiger partial charge is 0.305 e. The van der Waals surface area contributed by atoms with Gasteiger partial charge in [-0.1, -0.05) is 210 Å². The quantitative estimate of drug-likeness (QED) is 0.0322. The van der Waals surface area contributed by atoms with Crippen LogP contribution in [0, 0.1) is 0 Å². The summed E-state index contributed by atoms with van der Waals surface area (Å²) in [5.74, 6) is -0.158. The average molecular weight is 856 g/mol. The van der Waals surface area contributed by atoms with Gasteiger partial charge in [-0.05, 0) is 89.9 Å². The number of carbonyl (C=O) groups is 2. The number of rotatable bonds is 48. The van der Waals surface area contributed by atoms with E-state index in [1.807, 2.05) is 6.08 Å². The Morgan fingerprint density at radius 1 is 0.459 bits per heavy atom. The molecule has 2 atom stereocenters. The van der Waals surface area contributed by atoms with Crippen molar-refractivity contribution in [2.45, 2.75) is 276 Å². The molecule has 356 valence electrons. The van der Waals surface area contributed by atoms with Crippen LogP contribution in [0.2, 0.25) is 0 Å². The summed E-state index contributed by atoms with van der Waals surface area (Å²) in [6, 6.07) is -0.655. The molecule has 3 N–H and O–H groups in total. The lowest BCUT2D eigenvalue weighted by molar-refractivity contribution is -0.143. The van der Waals surface area contributed by atoms with Crippen LogP contribution in [0.1, 0.15) is 264 Å². The van der Waals surface area contributed by atoms with Crippen LogP contribution in [0.3, 0.4) is 0 Å². The van der Waals surface area contributed by atoms with Crippen molar-refractivity contribution >= 4 is 11.9 Å². The van der Waals surface area contributed by atoms with E-state index in [1.54, 1.807) is 6.08 Å². The van der Waals surface area contributed by atoms with Gasteiger partial charge in [-0.15, -0.1) is 0 Å². The molecule has 6 nitrogen and oxygen atoms in total. The molecule has 0 spiro atoms. The van der Waals surface area contributed by atoms with Gasteiger partial charge in [-0.3, -0.25) is 9.59 Å². The molecular formula is C55H101NO5. The summed E-state index contributed by atoms with van der Waals surface area (Å²) in [5.41, 5.74) is 0. The van der Waals surface area contributed by atoms with Crippen LogP contribution < -0.4 is 5.32 Å². The minimum atomic E-state index is -0.868. The number of hydrogen-bond donors (Lipinski definition) is 3. The third kappa shape index (κ3) is 47.1. The molecule has 0 aromatic heterocycles. The lowest BCUT2D eigenvalue weighted by atomic mass is 10.0. The molecule has 0 heterocycles. The first-order chi connectivity index (χ1) is 30.0. The van der Waals surface area contributed by atoms with E-state index >= 15 is 0 Å². The SMILES string of the molecule is CCCCC/C=C\C/C=C\CCCCCCCC(=O)OCCCC/C=C\CCCCCCC(=O)NC(CO)C(O)/C=C/CCCCCCCCCCCCCCCCCCC. The Morgan fingerprint density at radius 2 is 0.820 bits per heavy atom. The number of unbranched alkanes of at least 4 members (excludes halogenated alkanes) is 31. The van der Waals surface area contributed by atoms with Gasteiger partial charge >= 0.3 is 5.97 Å². The first kappa shape index (κ1) is 58.8. The molecule has 61 heavy (non-hydrogen) atoms. The highest BCUT2D eigenvalue weighted by Gasteiger charge is 2.18. The number of aliphatic hydroxyl groups is 2. The van der Waals surface area contributed by atoms with Crippen LogP contribution in [0.5, 0.6) is 0 Å². The summed E-state index contributed by atoms with van der Waals surface area (Å²) in [4.78, 5) is 24.5. The van der Waals surface area contributed by atoms with Crippen LogP contribution in [-0.4, -0.2) is 47.4 Å². The van der Waals surface area contributed by atoms with Gasteiger partial charge < -0.3 is 20.3 Å². The Hall–Kier alpha value is -2.18. The predicted octanol–water partition coefficient (Wildman–Crippen LogP) is 15.8. The molecule has 0 radical (unpaired) electrons. The maximum absolute atomic E-state index is 12.4. The highest BCUT2D eigenvalue weighted by atomic mass is 16.5. The van der Waals surface area contributed by atoms with Crippen molar-refractivity contribution in [3.63, 3.8) is 0 Å². The number of carbonyl (C=O) groups excluding carboxylic acids is 2. The molecule has 1 amide bonds. The van der Waals surface area contributed by atoms with Crippen LogP contribution in [-0.2, 0) is 14.3 Å². The molecule has 0 aliphatic heterocycles. The van der Waals surface area contributed by atoms with Gasteiger partial charge in [0.05, 0.1) is 25.4 Å². The minimum Gasteiger partial charge on any atom is -0.466 e. The number of aliphatic hydroxyl groups excluding tert-OH is 2. The fraction of sp³-hybridized carbons (Fsp3) is 0.818. The molecule has 0 fully saturated rings. The summed E-state index contributed by atoms with van der Waals surface area (Å²) >= 11 is 0. The minimum absolute atomic E-state index is 0.0529. The van der Waals surface area contributed by atoms with Crippen molar-refractivity contribution in [1.29, 1.82) is 0 Å². The highest BCUT2D eigenvalue weighted by molar-refractivity contribution is 5.76. The van der Waals surface area contributed by atoms with Crippen LogP contribution in [0.15, 0.2) is 48.6 Å². The van der Waals surface area contributed by atoms with E-state index < -0.39 is 12.1 Å². The highest BCUT2D eigenvalue weighted by Crippen LogP contribution is 2.15. The molecule has 0 aromatic rings. The normalized spacial score (nSPS) is 13.0.